The maximum Gasteiger partial charge on any atom is 0.351 e. The number of aliphatic imine (C=N–C) groups is 2. The van der Waals surface area contributed by atoms with E-state index in [0.717, 1.165) is 21.1 Å². The number of hydrogen-bond acceptors (Lipinski definition) is 8. The Labute approximate surface area is 162 Å². The van der Waals surface area contributed by atoms with E-state index in [0.29, 0.717) is 11.6 Å². The van der Waals surface area contributed by atoms with Crippen LogP contribution in [0.1, 0.15) is 24.4 Å². The molecule has 0 aliphatic heterocycles. The molecule has 2 heterocycles. The number of hydrogen-bond donors (Lipinski definition) is 0. The van der Waals surface area contributed by atoms with Crippen LogP contribution in [0.15, 0.2) is 52.1 Å². The van der Waals surface area contributed by atoms with Crippen LogP contribution in [-0.2, 0) is 14.3 Å². The van der Waals surface area contributed by atoms with Gasteiger partial charge < -0.3 is 14.3 Å². The van der Waals surface area contributed by atoms with Crippen LogP contribution in [0.2, 0.25) is 0 Å². The largest absolute Gasteiger partial charge is 0.484 e. The van der Waals surface area contributed by atoms with Crippen molar-refractivity contribution in [2.45, 2.75) is 20.8 Å². The first kappa shape index (κ1) is 20.2. The minimum absolute atomic E-state index is 0.0461. The average molecular weight is 387 g/mol. The first-order chi connectivity index (χ1) is 12.9. The number of rotatable bonds is 5. The minimum Gasteiger partial charge on any atom is -0.484 e. The number of amidine groups is 1. The van der Waals surface area contributed by atoms with Crippen LogP contribution in [0.4, 0.5) is 0 Å². The van der Waals surface area contributed by atoms with Gasteiger partial charge in [-0.25, -0.2) is 4.98 Å². The molecular formula is C18H21N5O3S. The molecule has 142 valence electrons. The second kappa shape index (κ2) is 9.58. The molecule has 2 rings (SSSR count). The molecule has 8 nitrogen and oxygen atoms in total. The van der Waals surface area contributed by atoms with Crippen LogP contribution in [0.5, 0.6) is 0 Å². The number of methoxy groups -OCH3 is 2. The van der Waals surface area contributed by atoms with Gasteiger partial charge in [0, 0.05) is 24.9 Å². The second-order valence-corrected chi connectivity index (χ2v) is 6.27. The predicted octanol–water partition coefficient (Wildman–Crippen LogP) is 3.79. The van der Waals surface area contributed by atoms with Crippen molar-refractivity contribution in [2.75, 3.05) is 14.2 Å². The smallest absolute Gasteiger partial charge is 0.351 e. The van der Waals surface area contributed by atoms with E-state index in [-0.39, 0.29) is 11.9 Å². The van der Waals surface area contributed by atoms with Crippen LogP contribution < -0.4 is 0 Å². The summed E-state index contributed by atoms with van der Waals surface area (Å²) in [4.78, 5) is 23.1. The first-order valence-corrected chi connectivity index (χ1v) is 8.77. The SMILES string of the molecule is C=C(/N=C(\N=C(/C)OC)O/N=C(\C)c1sc(-c2cccnc2)nc1C)OC. The zero-order valence-corrected chi connectivity index (χ0v) is 16.7. The number of pyridine rings is 1. The van der Waals surface area contributed by atoms with Crippen LogP contribution in [-0.4, -0.2) is 41.8 Å². The Morgan fingerprint density at radius 2 is 1.96 bits per heavy atom. The maximum absolute atomic E-state index is 5.37. The highest BCUT2D eigenvalue weighted by Crippen LogP contribution is 2.27. The second-order valence-electron chi connectivity index (χ2n) is 5.27. The van der Waals surface area contributed by atoms with Gasteiger partial charge in [-0.1, -0.05) is 5.16 Å². The molecule has 0 aliphatic rings. The minimum atomic E-state index is -0.0461. The Hall–Kier alpha value is -3.07. The molecule has 0 unspecified atom stereocenters. The van der Waals surface area contributed by atoms with Gasteiger partial charge in [-0.15, -0.1) is 11.3 Å². The van der Waals surface area contributed by atoms with Gasteiger partial charge in [0.25, 0.3) is 0 Å². The summed E-state index contributed by atoms with van der Waals surface area (Å²) in [6.45, 7) is 9.02. The van der Waals surface area contributed by atoms with Crippen molar-refractivity contribution < 1.29 is 14.3 Å². The molecule has 0 N–H and O–H groups in total. The van der Waals surface area contributed by atoms with Gasteiger partial charge in [0.15, 0.2) is 5.90 Å². The molecule has 0 aliphatic carbocycles. The molecule has 0 amide bonds. The molecule has 2 aromatic heterocycles. The molecule has 0 atom stereocenters. The average Bonchev–Trinajstić information content (AvgIpc) is 3.08. The fourth-order valence-electron chi connectivity index (χ4n) is 1.89. The number of aryl methyl sites for hydroxylation is 1. The van der Waals surface area contributed by atoms with Crippen molar-refractivity contribution in [1.82, 2.24) is 9.97 Å². The van der Waals surface area contributed by atoms with E-state index in [1.54, 1.807) is 19.3 Å². The van der Waals surface area contributed by atoms with Crippen LogP contribution in [0, 0.1) is 6.92 Å². The molecule has 0 radical (unpaired) electrons. The summed E-state index contributed by atoms with van der Waals surface area (Å²) < 4.78 is 9.94. The van der Waals surface area contributed by atoms with Crippen molar-refractivity contribution in [3.05, 3.63) is 47.6 Å². The van der Waals surface area contributed by atoms with E-state index in [1.807, 2.05) is 26.0 Å². The molecule has 0 aromatic carbocycles. The molecule has 0 spiro atoms. The van der Waals surface area contributed by atoms with E-state index >= 15 is 0 Å². The summed E-state index contributed by atoms with van der Waals surface area (Å²) in [6, 6.07) is 3.79. The number of ether oxygens (including phenoxy) is 2. The van der Waals surface area contributed by atoms with Crippen LogP contribution in [0.25, 0.3) is 10.6 Å². The van der Waals surface area contributed by atoms with Crippen LogP contribution in [0.3, 0.4) is 0 Å². The highest BCUT2D eigenvalue weighted by Gasteiger charge is 2.13. The van der Waals surface area contributed by atoms with Gasteiger partial charge in [0.05, 0.1) is 30.5 Å². The lowest BCUT2D eigenvalue weighted by molar-refractivity contribution is 0.278. The lowest BCUT2D eigenvalue weighted by atomic mass is 10.3. The predicted molar refractivity (Wildman–Crippen MR) is 107 cm³/mol. The maximum atomic E-state index is 5.37. The van der Waals surface area contributed by atoms with E-state index in [4.69, 9.17) is 14.3 Å². The summed E-state index contributed by atoms with van der Waals surface area (Å²) in [6.07, 6.45) is 3.50. The van der Waals surface area contributed by atoms with E-state index < -0.39 is 0 Å². The Balaban J connectivity index is 2.26. The Bertz CT molecular complexity index is 888. The Morgan fingerprint density at radius 3 is 2.59 bits per heavy atom. The summed E-state index contributed by atoms with van der Waals surface area (Å²) in [5.74, 6) is 0.497. The zero-order valence-electron chi connectivity index (χ0n) is 15.9. The molecule has 0 saturated heterocycles. The van der Waals surface area contributed by atoms with Crippen molar-refractivity contribution in [1.29, 1.82) is 0 Å². The Morgan fingerprint density at radius 1 is 1.19 bits per heavy atom. The lowest BCUT2D eigenvalue weighted by Gasteiger charge is -2.03. The van der Waals surface area contributed by atoms with Crippen molar-refractivity contribution >= 4 is 29.0 Å². The Kier molecular flexibility index (Phi) is 7.18. The highest BCUT2D eigenvalue weighted by atomic mass is 32.1. The lowest BCUT2D eigenvalue weighted by Crippen LogP contribution is -2.06. The van der Waals surface area contributed by atoms with Gasteiger partial charge in [-0.05, 0) is 32.6 Å². The zero-order chi connectivity index (χ0) is 19.8. The molecule has 0 fully saturated rings. The van der Waals surface area contributed by atoms with E-state index in [9.17, 15) is 0 Å². The number of oxime groups is 1. The topological polar surface area (TPSA) is 90.6 Å². The standard InChI is InChI=1S/C18H21N5O3S/c1-11-16(27-17(20-11)15-8-7-9-19-10-15)12(2)23-26-18(21-13(3)24-5)22-14(4)25-6/h7-10H,3H2,1-2,4-6H3/b21-18+,22-14+,23-12+. The quantitative estimate of drug-likeness (QED) is 0.337. The highest BCUT2D eigenvalue weighted by molar-refractivity contribution is 7.17. The van der Waals surface area contributed by atoms with Gasteiger partial charge >= 0.3 is 6.02 Å². The van der Waals surface area contributed by atoms with Gasteiger partial charge in [0.2, 0.25) is 5.88 Å². The van der Waals surface area contributed by atoms with Gasteiger partial charge in [-0.3, -0.25) is 4.98 Å². The molecule has 0 bridgehead atoms. The van der Waals surface area contributed by atoms with Gasteiger partial charge in [-0.2, -0.15) is 9.98 Å². The van der Waals surface area contributed by atoms with E-state index in [1.165, 1.54) is 25.6 Å². The third-order valence-corrected chi connectivity index (χ3v) is 4.62. The summed E-state index contributed by atoms with van der Waals surface area (Å²) in [5, 5.41) is 4.98. The van der Waals surface area contributed by atoms with Crippen molar-refractivity contribution in [2.24, 2.45) is 15.1 Å². The first-order valence-electron chi connectivity index (χ1n) is 7.95. The summed E-state index contributed by atoms with van der Waals surface area (Å²) in [5.41, 5.74) is 2.44. The monoisotopic (exact) mass is 387 g/mol. The third-order valence-electron chi connectivity index (χ3n) is 3.30. The van der Waals surface area contributed by atoms with E-state index in [2.05, 4.69) is 31.7 Å². The summed E-state index contributed by atoms with van der Waals surface area (Å²) in [7, 11) is 2.95. The van der Waals surface area contributed by atoms with Crippen molar-refractivity contribution in [3.8, 4) is 10.6 Å². The molecular weight excluding hydrogens is 366 g/mol. The fourth-order valence-corrected chi connectivity index (χ4v) is 2.89. The molecule has 0 saturated carbocycles. The van der Waals surface area contributed by atoms with Crippen LogP contribution >= 0.6 is 11.3 Å². The fraction of sp³-hybridized carbons (Fsp3) is 0.278. The summed E-state index contributed by atoms with van der Waals surface area (Å²) >= 11 is 1.50. The third kappa shape index (κ3) is 5.71. The molecule has 9 heteroatoms. The van der Waals surface area contributed by atoms with Gasteiger partial charge in [0.1, 0.15) is 5.01 Å². The number of thiazole rings is 1. The number of nitrogens with zero attached hydrogens (tertiary/aromatic N) is 5. The normalized spacial score (nSPS) is 12.7. The molecule has 2 aromatic rings. The number of aromatic nitrogens is 2. The van der Waals surface area contributed by atoms with Crippen molar-refractivity contribution in [3.63, 3.8) is 0 Å². The molecule has 27 heavy (non-hydrogen) atoms.